The van der Waals surface area contributed by atoms with Crippen molar-refractivity contribution in [3.8, 4) is 17.6 Å². The Morgan fingerprint density at radius 2 is 2.10 bits per heavy atom. The lowest BCUT2D eigenvalue weighted by molar-refractivity contribution is 0.0535. The van der Waals surface area contributed by atoms with Crippen LogP contribution >= 0.6 is 0 Å². The summed E-state index contributed by atoms with van der Waals surface area (Å²) in [5, 5.41) is 2.59. The third-order valence-electron chi connectivity index (χ3n) is 2.26. The molecule has 0 heterocycles. The third kappa shape index (κ3) is 7.88. The Balaban J connectivity index is 2.46. The fourth-order valence-corrected chi connectivity index (χ4v) is 1.46. The first-order valence-electron chi connectivity index (χ1n) is 7.09. The molecule has 114 valence electrons. The first-order chi connectivity index (χ1) is 9.90. The highest BCUT2D eigenvalue weighted by atomic mass is 16.6. The van der Waals surface area contributed by atoms with E-state index in [1.54, 1.807) is 0 Å². The predicted octanol–water partition coefficient (Wildman–Crippen LogP) is 3.35. The van der Waals surface area contributed by atoms with Gasteiger partial charge in [-0.25, -0.2) is 4.79 Å². The molecule has 0 aliphatic carbocycles. The van der Waals surface area contributed by atoms with Crippen LogP contribution in [0.3, 0.4) is 0 Å². The van der Waals surface area contributed by atoms with Gasteiger partial charge in [0.2, 0.25) is 0 Å². The maximum atomic E-state index is 11.4. The lowest BCUT2D eigenvalue weighted by Gasteiger charge is -2.18. The van der Waals surface area contributed by atoms with E-state index in [9.17, 15) is 4.79 Å². The average Bonchev–Trinajstić information content (AvgIpc) is 2.40. The molecule has 0 fully saturated rings. The summed E-state index contributed by atoms with van der Waals surface area (Å²) in [5.74, 6) is 6.67. The van der Waals surface area contributed by atoms with E-state index >= 15 is 0 Å². The first kappa shape index (κ1) is 16.9. The summed E-state index contributed by atoms with van der Waals surface area (Å²) in [6.07, 6.45) is 0.507. The lowest BCUT2D eigenvalue weighted by atomic mass is 10.2. The zero-order valence-electron chi connectivity index (χ0n) is 13.2. The second-order valence-corrected chi connectivity index (χ2v) is 5.53. The highest BCUT2D eigenvalue weighted by Crippen LogP contribution is 2.12. The van der Waals surface area contributed by atoms with Crippen LogP contribution < -0.4 is 10.1 Å². The number of hydrogen-bond donors (Lipinski definition) is 1. The molecule has 0 atom stereocenters. The van der Waals surface area contributed by atoms with Gasteiger partial charge in [-0.1, -0.05) is 24.8 Å². The maximum Gasteiger partial charge on any atom is 0.408 e. The number of amides is 1. The molecule has 4 heteroatoms. The van der Waals surface area contributed by atoms with Crippen molar-refractivity contribution in [3.63, 3.8) is 0 Å². The lowest BCUT2D eigenvalue weighted by Crippen LogP contribution is -2.32. The van der Waals surface area contributed by atoms with E-state index in [-0.39, 0.29) is 6.54 Å². The molecule has 1 aromatic rings. The van der Waals surface area contributed by atoms with Gasteiger partial charge in [-0.2, -0.15) is 0 Å². The fourth-order valence-electron chi connectivity index (χ4n) is 1.46. The van der Waals surface area contributed by atoms with Gasteiger partial charge in [0.15, 0.2) is 0 Å². The van der Waals surface area contributed by atoms with Crippen LogP contribution in [-0.4, -0.2) is 24.8 Å². The van der Waals surface area contributed by atoms with Crippen molar-refractivity contribution in [2.45, 2.75) is 39.7 Å². The second kappa shape index (κ2) is 8.21. The third-order valence-corrected chi connectivity index (χ3v) is 2.26. The summed E-state index contributed by atoms with van der Waals surface area (Å²) >= 11 is 0. The van der Waals surface area contributed by atoms with Crippen LogP contribution in [0.1, 0.15) is 39.7 Å². The molecule has 0 spiro atoms. The molecule has 1 amide bonds. The quantitative estimate of drug-likeness (QED) is 0.865. The minimum Gasteiger partial charge on any atom is -0.494 e. The second-order valence-electron chi connectivity index (χ2n) is 5.53. The number of carbonyl (C=O) groups is 1. The number of carbonyl (C=O) groups excluding carboxylic acids is 1. The van der Waals surface area contributed by atoms with E-state index in [1.165, 1.54) is 0 Å². The van der Waals surface area contributed by atoms with Crippen LogP contribution in [0, 0.1) is 11.8 Å². The highest BCUT2D eigenvalue weighted by Gasteiger charge is 2.14. The topological polar surface area (TPSA) is 47.6 Å². The maximum absolute atomic E-state index is 11.4. The zero-order valence-corrected chi connectivity index (χ0v) is 13.2. The van der Waals surface area contributed by atoms with E-state index in [1.807, 2.05) is 45.0 Å². The van der Waals surface area contributed by atoms with E-state index in [0.717, 1.165) is 17.7 Å². The molecular formula is C17H23NO3. The van der Waals surface area contributed by atoms with Gasteiger partial charge in [-0.15, -0.1) is 0 Å². The minimum atomic E-state index is -0.498. The highest BCUT2D eigenvalue weighted by molar-refractivity contribution is 5.68. The van der Waals surface area contributed by atoms with Gasteiger partial charge >= 0.3 is 6.09 Å². The molecular weight excluding hydrogens is 266 g/mol. The van der Waals surface area contributed by atoms with E-state index < -0.39 is 11.7 Å². The normalized spacial score (nSPS) is 10.3. The number of nitrogens with one attached hydrogen (secondary N) is 1. The van der Waals surface area contributed by atoms with Gasteiger partial charge in [0.05, 0.1) is 13.2 Å². The van der Waals surface area contributed by atoms with Crippen LogP contribution in [0.4, 0.5) is 4.79 Å². The predicted molar refractivity (Wildman–Crippen MR) is 83.3 cm³/mol. The van der Waals surface area contributed by atoms with Crippen LogP contribution in [0.2, 0.25) is 0 Å². The van der Waals surface area contributed by atoms with Crippen LogP contribution in [0.5, 0.6) is 5.75 Å². The Labute approximate surface area is 126 Å². The molecule has 1 N–H and O–H groups in total. The number of rotatable bonds is 4. The molecule has 0 aromatic heterocycles. The molecule has 0 bridgehead atoms. The average molecular weight is 289 g/mol. The summed E-state index contributed by atoms with van der Waals surface area (Å²) in [6.45, 7) is 8.46. The molecule has 0 aliphatic heterocycles. The van der Waals surface area contributed by atoms with Crippen molar-refractivity contribution in [1.29, 1.82) is 0 Å². The number of benzene rings is 1. The minimum absolute atomic E-state index is 0.245. The van der Waals surface area contributed by atoms with Crippen molar-refractivity contribution in [1.82, 2.24) is 5.32 Å². The molecule has 1 rings (SSSR count). The van der Waals surface area contributed by atoms with Gasteiger partial charge in [0.1, 0.15) is 11.4 Å². The fraction of sp³-hybridized carbons (Fsp3) is 0.471. The van der Waals surface area contributed by atoms with Gasteiger partial charge in [-0.3, -0.25) is 0 Å². The first-order valence-corrected chi connectivity index (χ1v) is 7.09. The summed E-state index contributed by atoms with van der Waals surface area (Å²) in [6, 6.07) is 7.59. The molecule has 4 nitrogen and oxygen atoms in total. The SMILES string of the molecule is CCCOc1cccc(C#CCNC(=O)OC(C)(C)C)c1. The number of hydrogen-bond acceptors (Lipinski definition) is 3. The molecule has 0 saturated heterocycles. The van der Waals surface area contributed by atoms with Crippen molar-refractivity contribution >= 4 is 6.09 Å². The Hall–Kier alpha value is -2.15. The number of ether oxygens (including phenoxy) is 2. The smallest absolute Gasteiger partial charge is 0.408 e. The largest absolute Gasteiger partial charge is 0.494 e. The monoisotopic (exact) mass is 289 g/mol. The van der Waals surface area contributed by atoms with Crippen LogP contribution in [0.25, 0.3) is 0 Å². The van der Waals surface area contributed by atoms with Gasteiger partial charge < -0.3 is 14.8 Å². The molecule has 21 heavy (non-hydrogen) atoms. The van der Waals surface area contributed by atoms with Crippen LogP contribution in [0.15, 0.2) is 24.3 Å². The van der Waals surface area contributed by atoms with Gasteiger partial charge in [-0.05, 0) is 45.4 Å². The van der Waals surface area contributed by atoms with Gasteiger partial charge in [0, 0.05) is 5.56 Å². The molecule has 0 saturated carbocycles. The van der Waals surface area contributed by atoms with Crippen molar-refractivity contribution < 1.29 is 14.3 Å². The molecule has 0 unspecified atom stereocenters. The van der Waals surface area contributed by atoms with E-state index in [2.05, 4.69) is 24.1 Å². The number of alkyl carbamates (subject to hydrolysis) is 1. The Kier molecular flexibility index (Phi) is 6.61. The molecule has 0 radical (unpaired) electrons. The van der Waals surface area contributed by atoms with Crippen molar-refractivity contribution in [2.24, 2.45) is 0 Å². The van der Waals surface area contributed by atoms with Gasteiger partial charge in [0.25, 0.3) is 0 Å². The van der Waals surface area contributed by atoms with Crippen LogP contribution in [-0.2, 0) is 4.74 Å². The van der Waals surface area contributed by atoms with E-state index in [4.69, 9.17) is 9.47 Å². The van der Waals surface area contributed by atoms with E-state index in [0.29, 0.717) is 6.61 Å². The zero-order chi connectivity index (χ0) is 15.7. The summed E-state index contributed by atoms with van der Waals surface area (Å²) < 4.78 is 10.7. The van der Waals surface area contributed by atoms with Crippen molar-refractivity contribution in [2.75, 3.05) is 13.2 Å². The summed E-state index contributed by atoms with van der Waals surface area (Å²) in [4.78, 5) is 11.4. The Morgan fingerprint density at radius 1 is 1.33 bits per heavy atom. The van der Waals surface area contributed by atoms with Crippen molar-refractivity contribution in [3.05, 3.63) is 29.8 Å². The summed E-state index contributed by atoms with van der Waals surface area (Å²) in [7, 11) is 0. The molecule has 1 aromatic carbocycles. The Bertz CT molecular complexity index is 521. The summed E-state index contributed by atoms with van der Waals surface area (Å²) in [5.41, 5.74) is 0.359. The standard InChI is InChI=1S/C17H23NO3/c1-5-12-20-15-10-6-8-14(13-15)9-7-11-18-16(19)21-17(2,3)4/h6,8,10,13H,5,11-12H2,1-4H3,(H,18,19). The molecule has 0 aliphatic rings. The Morgan fingerprint density at radius 3 is 2.76 bits per heavy atom.